The monoisotopic (exact) mass is 300 g/mol. The molecule has 0 spiro atoms. The molecule has 0 aromatic heterocycles. The van der Waals surface area contributed by atoms with Crippen LogP contribution in [0.2, 0.25) is 5.02 Å². The summed E-state index contributed by atoms with van der Waals surface area (Å²) in [6.07, 6.45) is 3.12. The lowest BCUT2D eigenvalue weighted by atomic mass is 10.1. The predicted octanol–water partition coefficient (Wildman–Crippen LogP) is 4.16. The Labute approximate surface area is 127 Å². The van der Waals surface area contributed by atoms with Gasteiger partial charge in [0.05, 0.1) is 5.56 Å². The fourth-order valence-corrected chi connectivity index (χ4v) is 1.94. The van der Waals surface area contributed by atoms with Crippen LogP contribution in [0.3, 0.4) is 0 Å². The minimum Gasteiger partial charge on any atom is -0.426 e. The predicted molar refractivity (Wildman–Crippen MR) is 82.6 cm³/mol. The van der Waals surface area contributed by atoms with Crippen LogP contribution in [-0.2, 0) is 4.79 Å². The molecule has 0 aliphatic heterocycles. The third-order valence-electron chi connectivity index (χ3n) is 2.69. The molecule has 0 radical (unpaired) electrons. The van der Waals surface area contributed by atoms with Crippen LogP contribution in [0, 0.1) is 0 Å². The average molecular weight is 301 g/mol. The third kappa shape index (κ3) is 4.29. The van der Waals surface area contributed by atoms with Crippen molar-refractivity contribution < 1.29 is 14.3 Å². The summed E-state index contributed by atoms with van der Waals surface area (Å²) in [7, 11) is 0. The van der Waals surface area contributed by atoms with E-state index in [1.807, 2.05) is 30.3 Å². The molecule has 0 aliphatic rings. The van der Waals surface area contributed by atoms with E-state index in [1.54, 1.807) is 12.1 Å². The van der Waals surface area contributed by atoms with Crippen LogP contribution in [0.5, 0.6) is 5.75 Å². The molecule has 2 aromatic rings. The lowest BCUT2D eigenvalue weighted by molar-refractivity contribution is -0.131. The van der Waals surface area contributed by atoms with E-state index in [1.165, 1.54) is 25.1 Å². The van der Waals surface area contributed by atoms with E-state index in [4.69, 9.17) is 16.3 Å². The van der Waals surface area contributed by atoms with Crippen LogP contribution >= 0.6 is 11.6 Å². The molecule has 21 heavy (non-hydrogen) atoms. The first-order chi connectivity index (χ1) is 10.1. The Bertz CT molecular complexity index is 690. The number of halogens is 1. The van der Waals surface area contributed by atoms with Gasteiger partial charge in [0, 0.05) is 11.9 Å². The lowest BCUT2D eigenvalue weighted by Crippen LogP contribution is -2.06. The Morgan fingerprint density at radius 2 is 1.81 bits per heavy atom. The zero-order valence-electron chi connectivity index (χ0n) is 11.4. The number of ketones is 1. The number of carbonyl (C=O) groups excluding carboxylic acids is 2. The van der Waals surface area contributed by atoms with Crippen molar-refractivity contribution in [3.63, 3.8) is 0 Å². The topological polar surface area (TPSA) is 43.4 Å². The van der Waals surface area contributed by atoms with Gasteiger partial charge in [0.25, 0.3) is 0 Å². The minimum atomic E-state index is -0.488. The van der Waals surface area contributed by atoms with Gasteiger partial charge in [0.2, 0.25) is 0 Å². The van der Waals surface area contributed by atoms with E-state index >= 15 is 0 Å². The molecule has 0 unspecified atom stereocenters. The largest absolute Gasteiger partial charge is 0.426 e. The van der Waals surface area contributed by atoms with Gasteiger partial charge in [-0.3, -0.25) is 9.59 Å². The highest BCUT2D eigenvalue weighted by Gasteiger charge is 2.12. The van der Waals surface area contributed by atoms with Gasteiger partial charge in [-0.2, -0.15) is 0 Å². The summed E-state index contributed by atoms with van der Waals surface area (Å²) in [4.78, 5) is 23.3. The third-order valence-corrected chi connectivity index (χ3v) is 2.92. The minimum absolute atomic E-state index is 0.203. The van der Waals surface area contributed by atoms with Gasteiger partial charge in [-0.25, -0.2) is 0 Å². The molecule has 3 nitrogen and oxygen atoms in total. The summed E-state index contributed by atoms with van der Waals surface area (Å²) in [5.74, 6) is -0.564. The summed E-state index contributed by atoms with van der Waals surface area (Å²) in [5, 5.41) is 0.405. The number of ether oxygens (including phenoxy) is 1. The Hall–Kier alpha value is -2.39. The number of carbonyl (C=O) groups is 2. The van der Waals surface area contributed by atoms with Crippen molar-refractivity contribution in [3.05, 3.63) is 70.8 Å². The number of hydrogen-bond donors (Lipinski definition) is 0. The maximum Gasteiger partial charge on any atom is 0.308 e. The average Bonchev–Trinajstić information content (AvgIpc) is 2.47. The van der Waals surface area contributed by atoms with Crippen LogP contribution < -0.4 is 4.74 Å². The van der Waals surface area contributed by atoms with Crippen molar-refractivity contribution in [1.82, 2.24) is 0 Å². The van der Waals surface area contributed by atoms with Gasteiger partial charge >= 0.3 is 5.97 Å². The van der Waals surface area contributed by atoms with Crippen molar-refractivity contribution in [2.24, 2.45) is 0 Å². The first-order valence-electron chi connectivity index (χ1n) is 6.31. The fourth-order valence-electron chi connectivity index (χ4n) is 1.76. The van der Waals surface area contributed by atoms with Crippen LogP contribution in [0.4, 0.5) is 0 Å². The first-order valence-corrected chi connectivity index (χ1v) is 6.69. The summed E-state index contributed by atoms with van der Waals surface area (Å²) >= 11 is 5.90. The number of hydrogen-bond acceptors (Lipinski definition) is 3. The number of benzene rings is 2. The van der Waals surface area contributed by atoms with Crippen molar-refractivity contribution in [2.75, 3.05) is 0 Å². The van der Waals surface area contributed by atoms with Gasteiger partial charge in [-0.15, -0.1) is 0 Å². The molecule has 0 N–H and O–H groups in total. The highest BCUT2D eigenvalue weighted by Crippen LogP contribution is 2.24. The summed E-state index contributed by atoms with van der Waals surface area (Å²) in [5.41, 5.74) is 1.16. The highest BCUT2D eigenvalue weighted by atomic mass is 35.5. The van der Waals surface area contributed by atoms with Gasteiger partial charge < -0.3 is 4.74 Å². The SMILES string of the molecule is CC(=O)Oc1ccc(Cl)cc1C(=O)C=Cc1ccccc1. The van der Waals surface area contributed by atoms with Crippen LogP contribution in [-0.4, -0.2) is 11.8 Å². The molecule has 2 rings (SSSR count). The quantitative estimate of drug-likeness (QED) is 0.368. The molecule has 0 saturated heterocycles. The fraction of sp³-hybridized carbons (Fsp3) is 0.0588. The van der Waals surface area contributed by atoms with E-state index in [2.05, 4.69) is 0 Å². The van der Waals surface area contributed by atoms with E-state index in [9.17, 15) is 9.59 Å². The maximum atomic E-state index is 12.2. The molecule has 106 valence electrons. The van der Waals surface area contributed by atoms with Crippen molar-refractivity contribution >= 4 is 29.4 Å². The van der Waals surface area contributed by atoms with Gasteiger partial charge in [-0.05, 0) is 29.8 Å². The van der Waals surface area contributed by atoms with Crippen LogP contribution in [0.15, 0.2) is 54.6 Å². The molecule has 0 saturated carbocycles. The smallest absolute Gasteiger partial charge is 0.308 e. The van der Waals surface area contributed by atoms with E-state index in [-0.39, 0.29) is 17.1 Å². The molecule has 0 amide bonds. The van der Waals surface area contributed by atoms with Crippen molar-refractivity contribution in [3.8, 4) is 5.75 Å². The second-order valence-corrected chi connectivity index (χ2v) is 4.78. The zero-order chi connectivity index (χ0) is 15.2. The Kier molecular flexibility index (Phi) is 4.90. The molecule has 2 aromatic carbocycles. The summed E-state index contributed by atoms with van der Waals surface area (Å²) < 4.78 is 5.02. The van der Waals surface area contributed by atoms with Crippen LogP contribution in [0.1, 0.15) is 22.8 Å². The molecule has 4 heteroatoms. The molecule has 0 atom stereocenters. The van der Waals surface area contributed by atoms with Gasteiger partial charge in [0.15, 0.2) is 5.78 Å². The van der Waals surface area contributed by atoms with E-state index in [0.29, 0.717) is 5.02 Å². The molecule has 0 fully saturated rings. The number of allylic oxidation sites excluding steroid dienone is 1. The standard InChI is InChI=1S/C17H13ClO3/c1-12(19)21-17-10-8-14(18)11-15(17)16(20)9-7-13-5-3-2-4-6-13/h2-11H,1H3. The van der Waals surface area contributed by atoms with Crippen LogP contribution in [0.25, 0.3) is 6.08 Å². The van der Waals surface area contributed by atoms with Gasteiger partial charge in [0.1, 0.15) is 5.75 Å². The zero-order valence-corrected chi connectivity index (χ0v) is 12.1. The van der Waals surface area contributed by atoms with Gasteiger partial charge in [-0.1, -0.05) is 48.0 Å². The number of rotatable bonds is 4. The molecular weight excluding hydrogens is 288 g/mol. The summed E-state index contributed by atoms with van der Waals surface area (Å²) in [6, 6.07) is 14.0. The Balaban J connectivity index is 2.28. The van der Waals surface area contributed by atoms with Crippen molar-refractivity contribution in [2.45, 2.75) is 6.92 Å². The van der Waals surface area contributed by atoms with Crippen molar-refractivity contribution in [1.29, 1.82) is 0 Å². The molecular formula is C17H13ClO3. The molecule has 0 heterocycles. The first kappa shape index (κ1) is 15.0. The Morgan fingerprint density at radius 3 is 2.48 bits per heavy atom. The highest BCUT2D eigenvalue weighted by molar-refractivity contribution is 6.31. The molecule has 0 aliphatic carbocycles. The van der Waals surface area contributed by atoms with E-state index in [0.717, 1.165) is 5.56 Å². The summed E-state index contributed by atoms with van der Waals surface area (Å²) in [6.45, 7) is 1.28. The second kappa shape index (κ2) is 6.86. The lowest BCUT2D eigenvalue weighted by Gasteiger charge is -2.06. The normalized spacial score (nSPS) is 10.6. The van der Waals surface area contributed by atoms with E-state index < -0.39 is 5.97 Å². The number of esters is 1. The Morgan fingerprint density at radius 1 is 1.10 bits per heavy atom. The maximum absolute atomic E-state index is 12.2. The second-order valence-electron chi connectivity index (χ2n) is 4.34. The molecule has 0 bridgehead atoms.